The Morgan fingerprint density at radius 1 is 1.26 bits per heavy atom. The van der Waals surface area contributed by atoms with Gasteiger partial charge in [0.25, 0.3) is 5.91 Å². The zero-order valence-electron chi connectivity index (χ0n) is 11.5. The van der Waals surface area contributed by atoms with E-state index in [9.17, 15) is 9.59 Å². The van der Waals surface area contributed by atoms with E-state index in [1.165, 1.54) is 4.90 Å². The largest absolute Gasteiger partial charge is 0.509 e. The minimum atomic E-state index is -0.920. The van der Waals surface area contributed by atoms with Crippen LogP contribution in [0.3, 0.4) is 0 Å². The topological polar surface area (TPSA) is 55.8 Å². The van der Waals surface area contributed by atoms with Gasteiger partial charge < -0.3 is 14.4 Å². The summed E-state index contributed by atoms with van der Waals surface area (Å²) >= 11 is 0. The molecule has 102 valence electrons. The molecule has 0 radical (unpaired) electrons. The van der Waals surface area contributed by atoms with Crippen molar-refractivity contribution in [3.05, 3.63) is 29.8 Å². The van der Waals surface area contributed by atoms with Crippen molar-refractivity contribution in [3.63, 3.8) is 0 Å². The van der Waals surface area contributed by atoms with Crippen molar-refractivity contribution >= 4 is 17.7 Å². The maximum atomic E-state index is 12.1. The van der Waals surface area contributed by atoms with E-state index in [0.29, 0.717) is 5.56 Å². The normalized spacial score (nSPS) is 18.2. The highest BCUT2D eigenvalue weighted by Gasteiger charge is 2.38. The average Bonchev–Trinajstić information content (AvgIpc) is 2.53. The number of nitrogens with zero attached hydrogens (tertiary/aromatic N) is 1. The first-order valence-electron chi connectivity index (χ1n) is 6.06. The molecule has 0 fully saturated rings. The lowest BCUT2D eigenvalue weighted by Gasteiger charge is -2.20. The van der Waals surface area contributed by atoms with E-state index in [-0.39, 0.29) is 5.91 Å². The SMILES string of the molecule is CN1C(=O)C(OC(=O)OC(C)(C)C)c2ccccc21. The van der Waals surface area contributed by atoms with Gasteiger partial charge in [0.1, 0.15) is 5.60 Å². The number of ether oxygens (including phenoxy) is 2. The highest BCUT2D eigenvalue weighted by molar-refractivity contribution is 6.04. The molecule has 5 nitrogen and oxygen atoms in total. The summed E-state index contributed by atoms with van der Waals surface area (Å²) in [5, 5.41) is 0. The number of amides is 1. The van der Waals surface area contributed by atoms with Crippen LogP contribution in [-0.2, 0) is 14.3 Å². The van der Waals surface area contributed by atoms with E-state index in [0.717, 1.165) is 5.69 Å². The van der Waals surface area contributed by atoms with Gasteiger partial charge in [-0.2, -0.15) is 0 Å². The van der Waals surface area contributed by atoms with Crippen molar-refractivity contribution in [1.29, 1.82) is 0 Å². The number of carbonyl (C=O) groups is 2. The first kappa shape index (κ1) is 13.4. The van der Waals surface area contributed by atoms with Gasteiger partial charge in [0, 0.05) is 12.6 Å². The Morgan fingerprint density at radius 3 is 2.53 bits per heavy atom. The van der Waals surface area contributed by atoms with Crippen molar-refractivity contribution in [2.75, 3.05) is 11.9 Å². The van der Waals surface area contributed by atoms with Crippen LogP contribution in [0.4, 0.5) is 10.5 Å². The number of hydrogen-bond acceptors (Lipinski definition) is 4. The Balaban J connectivity index is 2.18. The van der Waals surface area contributed by atoms with Crippen LogP contribution < -0.4 is 4.90 Å². The van der Waals surface area contributed by atoms with Crippen LogP contribution in [0, 0.1) is 0 Å². The van der Waals surface area contributed by atoms with Gasteiger partial charge in [-0.25, -0.2) is 4.79 Å². The first-order valence-corrected chi connectivity index (χ1v) is 6.06. The number of fused-ring (bicyclic) bond motifs is 1. The lowest BCUT2D eigenvalue weighted by Crippen LogP contribution is -2.29. The summed E-state index contributed by atoms with van der Waals surface area (Å²) in [5.74, 6) is -0.271. The van der Waals surface area contributed by atoms with E-state index < -0.39 is 17.9 Å². The van der Waals surface area contributed by atoms with Crippen LogP contribution in [-0.4, -0.2) is 24.7 Å². The first-order chi connectivity index (χ1) is 8.79. The molecule has 1 aliphatic heterocycles. The molecule has 0 saturated heterocycles. The molecule has 0 saturated carbocycles. The van der Waals surface area contributed by atoms with Gasteiger partial charge in [0.15, 0.2) is 0 Å². The fraction of sp³-hybridized carbons (Fsp3) is 0.429. The molecule has 0 N–H and O–H groups in total. The molecule has 0 bridgehead atoms. The lowest BCUT2D eigenvalue weighted by atomic mass is 10.1. The molecule has 1 amide bonds. The summed E-state index contributed by atoms with van der Waals surface area (Å²) < 4.78 is 10.2. The van der Waals surface area contributed by atoms with Crippen molar-refractivity contribution < 1.29 is 19.1 Å². The molecule has 5 heteroatoms. The second kappa shape index (κ2) is 4.57. The smallest absolute Gasteiger partial charge is 0.429 e. The van der Waals surface area contributed by atoms with Crippen molar-refractivity contribution in [2.45, 2.75) is 32.5 Å². The monoisotopic (exact) mass is 263 g/mol. The van der Waals surface area contributed by atoms with Gasteiger partial charge in [-0.05, 0) is 26.8 Å². The summed E-state index contributed by atoms with van der Waals surface area (Å²) in [4.78, 5) is 25.2. The zero-order valence-corrected chi connectivity index (χ0v) is 11.5. The van der Waals surface area contributed by atoms with Gasteiger partial charge in [-0.1, -0.05) is 18.2 Å². The highest BCUT2D eigenvalue weighted by atomic mass is 16.7. The lowest BCUT2D eigenvalue weighted by molar-refractivity contribution is -0.128. The fourth-order valence-corrected chi connectivity index (χ4v) is 1.93. The quantitative estimate of drug-likeness (QED) is 0.731. The maximum Gasteiger partial charge on any atom is 0.509 e. The zero-order chi connectivity index (χ0) is 14.2. The molecule has 0 aliphatic carbocycles. The van der Waals surface area contributed by atoms with Gasteiger partial charge >= 0.3 is 6.16 Å². The highest BCUT2D eigenvalue weighted by Crippen LogP contribution is 2.37. The van der Waals surface area contributed by atoms with E-state index >= 15 is 0 Å². The van der Waals surface area contributed by atoms with Crippen LogP contribution in [0.2, 0.25) is 0 Å². The Morgan fingerprint density at radius 2 is 1.89 bits per heavy atom. The molecule has 1 aromatic carbocycles. The predicted octanol–water partition coefficient (Wildman–Crippen LogP) is 2.66. The minimum absolute atomic E-state index is 0.271. The van der Waals surface area contributed by atoms with Crippen LogP contribution in [0.25, 0.3) is 0 Å². The number of rotatable bonds is 1. The van der Waals surface area contributed by atoms with Gasteiger partial charge in [-0.15, -0.1) is 0 Å². The molecule has 0 spiro atoms. The second-order valence-corrected chi connectivity index (χ2v) is 5.42. The third-order valence-corrected chi connectivity index (χ3v) is 2.74. The molecule has 1 atom stereocenters. The van der Waals surface area contributed by atoms with Crippen molar-refractivity contribution in [3.8, 4) is 0 Å². The Labute approximate surface area is 112 Å². The summed E-state index contributed by atoms with van der Waals surface area (Å²) in [5.41, 5.74) is 0.784. The van der Waals surface area contributed by atoms with Crippen LogP contribution in [0.5, 0.6) is 0 Å². The molecular formula is C14H17NO4. The second-order valence-electron chi connectivity index (χ2n) is 5.42. The van der Waals surface area contributed by atoms with Crippen LogP contribution >= 0.6 is 0 Å². The fourth-order valence-electron chi connectivity index (χ4n) is 1.93. The van der Waals surface area contributed by atoms with Gasteiger partial charge in [0.05, 0.1) is 5.69 Å². The Kier molecular flexibility index (Phi) is 3.22. The number of carbonyl (C=O) groups excluding carboxylic acids is 2. The van der Waals surface area contributed by atoms with E-state index in [4.69, 9.17) is 9.47 Å². The third-order valence-electron chi connectivity index (χ3n) is 2.74. The van der Waals surface area contributed by atoms with Crippen molar-refractivity contribution in [2.24, 2.45) is 0 Å². The number of hydrogen-bond donors (Lipinski definition) is 0. The number of likely N-dealkylation sites (N-methyl/N-ethyl adjacent to an activating group) is 1. The summed E-state index contributed by atoms with van der Waals surface area (Å²) in [6.07, 6.45) is -1.76. The number of para-hydroxylation sites is 1. The molecule has 1 aliphatic rings. The summed E-state index contributed by atoms with van der Waals surface area (Å²) in [7, 11) is 1.65. The molecular weight excluding hydrogens is 246 g/mol. The van der Waals surface area contributed by atoms with Gasteiger partial charge in [-0.3, -0.25) is 4.79 Å². The number of anilines is 1. The molecule has 0 aromatic heterocycles. The average molecular weight is 263 g/mol. The third kappa shape index (κ3) is 2.70. The molecule has 1 aromatic rings. The molecule has 19 heavy (non-hydrogen) atoms. The van der Waals surface area contributed by atoms with E-state index in [1.807, 2.05) is 12.1 Å². The van der Waals surface area contributed by atoms with Gasteiger partial charge in [0.2, 0.25) is 6.10 Å². The maximum absolute atomic E-state index is 12.1. The minimum Gasteiger partial charge on any atom is -0.429 e. The Bertz CT molecular complexity index is 518. The molecule has 1 unspecified atom stereocenters. The van der Waals surface area contributed by atoms with Crippen LogP contribution in [0.15, 0.2) is 24.3 Å². The Hall–Kier alpha value is -2.04. The standard InChI is InChI=1S/C14H17NO4/c1-14(2,3)19-13(17)18-11-9-7-5-6-8-10(9)15(4)12(11)16/h5-8,11H,1-4H3. The molecule has 2 rings (SSSR count). The van der Waals surface area contributed by atoms with E-state index in [2.05, 4.69) is 0 Å². The van der Waals surface area contributed by atoms with Crippen LogP contribution in [0.1, 0.15) is 32.4 Å². The van der Waals surface area contributed by atoms with E-state index in [1.54, 1.807) is 40.0 Å². The number of benzene rings is 1. The predicted molar refractivity (Wildman–Crippen MR) is 69.9 cm³/mol. The van der Waals surface area contributed by atoms with Crippen molar-refractivity contribution in [1.82, 2.24) is 0 Å². The summed E-state index contributed by atoms with van der Waals surface area (Å²) in [6, 6.07) is 7.21. The summed E-state index contributed by atoms with van der Waals surface area (Å²) in [6.45, 7) is 5.22. The molecule has 1 heterocycles.